The van der Waals surface area contributed by atoms with E-state index in [1.165, 1.54) is 0 Å². The number of amides is 2. The van der Waals surface area contributed by atoms with Crippen molar-refractivity contribution >= 4 is 17.6 Å². The normalized spacial score (nSPS) is 18.1. The van der Waals surface area contributed by atoms with Crippen LogP contribution >= 0.6 is 0 Å². The second-order valence-electron chi connectivity index (χ2n) is 9.57. The topological polar surface area (TPSA) is 78.4 Å². The van der Waals surface area contributed by atoms with Crippen LogP contribution in [0.3, 0.4) is 0 Å². The van der Waals surface area contributed by atoms with Crippen LogP contribution in [0.4, 0.5) is 10.2 Å². The van der Waals surface area contributed by atoms with Crippen LogP contribution in [0.15, 0.2) is 67.1 Å². The molecule has 2 atom stereocenters. The van der Waals surface area contributed by atoms with Gasteiger partial charge in [0.1, 0.15) is 17.7 Å². The molecule has 3 aromatic rings. The Bertz CT molecular complexity index is 1220. The van der Waals surface area contributed by atoms with Gasteiger partial charge < -0.3 is 15.1 Å². The van der Waals surface area contributed by atoms with E-state index in [4.69, 9.17) is 0 Å². The Labute approximate surface area is 210 Å². The highest BCUT2D eigenvalue weighted by Gasteiger charge is 2.36. The molecular weight excluding hydrogens is 457 g/mol. The number of carbonyl (C=O) groups is 2. The molecule has 1 aromatic heterocycles. The number of halogens is 1. The van der Waals surface area contributed by atoms with Crippen LogP contribution in [0.5, 0.6) is 0 Å². The zero-order chi connectivity index (χ0) is 25.1. The lowest BCUT2D eigenvalue weighted by Crippen LogP contribution is -2.49. The summed E-state index contributed by atoms with van der Waals surface area (Å²) in [6.45, 7) is 0.615. The maximum atomic E-state index is 14.9. The lowest BCUT2D eigenvalue weighted by Gasteiger charge is -2.29. The van der Waals surface area contributed by atoms with Gasteiger partial charge in [-0.05, 0) is 54.4 Å². The minimum Gasteiger partial charge on any atom is -0.349 e. The van der Waals surface area contributed by atoms with Crippen molar-refractivity contribution in [1.29, 1.82) is 0 Å². The molecule has 1 aliphatic carbocycles. The molecule has 7 nitrogen and oxygen atoms in total. The number of anilines is 1. The number of hydrogen-bond donors (Lipinski definition) is 1. The molecule has 36 heavy (non-hydrogen) atoms. The first kappa shape index (κ1) is 23.9. The Balaban J connectivity index is 1.33. The molecule has 1 N–H and O–H groups in total. The zero-order valence-electron chi connectivity index (χ0n) is 20.3. The molecule has 1 saturated heterocycles. The third-order valence-electron chi connectivity index (χ3n) is 6.98. The van der Waals surface area contributed by atoms with Crippen LogP contribution in [0.25, 0.3) is 0 Å². The molecule has 186 valence electrons. The number of hydrogen-bond acceptors (Lipinski definition) is 5. The zero-order valence-corrected chi connectivity index (χ0v) is 20.3. The van der Waals surface area contributed by atoms with Crippen molar-refractivity contribution in [2.45, 2.75) is 43.7 Å². The molecule has 0 spiro atoms. The summed E-state index contributed by atoms with van der Waals surface area (Å²) in [6, 6.07) is 13.8. The number of nitrogens with zero attached hydrogens (tertiary/aromatic N) is 4. The van der Waals surface area contributed by atoms with Crippen LogP contribution < -0.4 is 10.2 Å². The summed E-state index contributed by atoms with van der Waals surface area (Å²) in [5.74, 6) is 0.295. The van der Waals surface area contributed by atoms with E-state index in [-0.39, 0.29) is 24.2 Å². The van der Waals surface area contributed by atoms with Crippen molar-refractivity contribution in [2.75, 3.05) is 25.0 Å². The van der Waals surface area contributed by atoms with Gasteiger partial charge >= 0.3 is 0 Å². The molecule has 1 saturated carbocycles. The van der Waals surface area contributed by atoms with Crippen LogP contribution in [-0.2, 0) is 9.59 Å². The minimum atomic E-state index is -0.574. The van der Waals surface area contributed by atoms with E-state index in [0.717, 1.165) is 30.4 Å². The third-order valence-corrected chi connectivity index (χ3v) is 6.98. The highest BCUT2D eigenvalue weighted by atomic mass is 19.1. The van der Waals surface area contributed by atoms with Crippen molar-refractivity contribution < 1.29 is 14.0 Å². The van der Waals surface area contributed by atoms with Gasteiger partial charge in [0.15, 0.2) is 0 Å². The summed E-state index contributed by atoms with van der Waals surface area (Å²) in [5.41, 5.74) is 2.30. The smallest absolute Gasteiger partial charge is 0.243 e. The van der Waals surface area contributed by atoms with Gasteiger partial charge in [0.2, 0.25) is 11.8 Å². The van der Waals surface area contributed by atoms with E-state index in [9.17, 15) is 14.0 Å². The number of aromatic nitrogens is 2. The molecule has 0 bridgehead atoms. The molecule has 2 heterocycles. The highest BCUT2D eigenvalue weighted by Crippen LogP contribution is 2.41. The summed E-state index contributed by atoms with van der Waals surface area (Å²) in [6.07, 6.45) is 8.13. The van der Waals surface area contributed by atoms with E-state index >= 15 is 0 Å². The second kappa shape index (κ2) is 10.4. The average molecular weight is 488 g/mol. The van der Waals surface area contributed by atoms with Gasteiger partial charge in [0.25, 0.3) is 0 Å². The van der Waals surface area contributed by atoms with Crippen LogP contribution in [0, 0.1) is 5.82 Å². The number of likely N-dealkylation sites (tertiary alicyclic amines) is 1. The van der Waals surface area contributed by atoms with Gasteiger partial charge in [-0.1, -0.05) is 42.5 Å². The quantitative estimate of drug-likeness (QED) is 0.523. The van der Waals surface area contributed by atoms with E-state index in [1.807, 2.05) is 42.5 Å². The molecule has 0 unspecified atom stereocenters. The van der Waals surface area contributed by atoms with Crippen LogP contribution in [0.1, 0.15) is 54.3 Å². The van der Waals surface area contributed by atoms with Gasteiger partial charge in [-0.15, -0.1) is 0 Å². The Hall–Kier alpha value is -3.81. The second-order valence-corrected chi connectivity index (χ2v) is 9.57. The molecule has 5 rings (SSSR count). The molecule has 0 radical (unpaired) electrons. The fraction of sp³-hybridized carbons (Fsp3) is 0.357. The molecule has 1 aliphatic heterocycles. The van der Waals surface area contributed by atoms with Crippen molar-refractivity contribution in [2.24, 2.45) is 0 Å². The SMILES string of the molecule is CN(CC(=O)N1CCC[C@H]1C(=O)N[C@@H](c1ccccc1)c1ccc(C2CC2)c(F)c1)c1cnccn1. The lowest BCUT2D eigenvalue weighted by molar-refractivity contribution is -0.137. The van der Waals surface area contributed by atoms with Crippen molar-refractivity contribution in [1.82, 2.24) is 20.2 Å². The monoisotopic (exact) mass is 487 g/mol. The van der Waals surface area contributed by atoms with Crippen LogP contribution in [0.2, 0.25) is 0 Å². The average Bonchev–Trinajstić information content (AvgIpc) is 3.62. The third kappa shape index (κ3) is 5.22. The maximum absolute atomic E-state index is 14.9. The van der Waals surface area contributed by atoms with Gasteiger partial charge in [0.05, 0.1) is 18.8 Å². The molecule has 8 heteroatoms. The van der Waals surface area contributed by atoms with Gasteiger partial charge in [-0.2, -0.15) is 0 Å². The van der Waals surface area contributed by atoms with Gasteiger partial charge in [-0.25, -0.2) is 9.37 Å². The Morgan fingerprint density at radius 1 is 1.11 bits per heavy atom. The van der Waals surface area contributed by atoms with E-state index < -0.39 is 12.1 Å². The Morgan fingerprint density at radius 2 is 1.92 bits per heavy atom. The van der Waals surface area contributed by atoms with Crippen molar-refractivity contribution in [3.63, 3.8) is 0 Å². The first-order valence-electron chi connectivity index (χ1n) is 12.4. The standard InChI is InChI=1S/C28H30FN5O2/c1-33(25-17-30-13-14-31-25)18-26(35)34-15-5-8-24(34)28(36)32-27(20-6-3-2-4-7-20)21-11-12-22(19-9-10-19)23(29)16-21/h2-4,6-7,11-14,16-17,19,24,27H,5,8-10,15,18H2,1H3,(H,32,36)/t24-,27-/m0/s1. The summed E-state index contributed by atoms with van der Waals surface area (Å²) in [7, 11) is 1.78. The van der Waals surface area contributed by atoms with Crippen molar-refractivity contribution in [3.8, 4) is 0 Å². The lowest BCUT2D eigenvalue weighted by atomic mass is 9.96. The first-order chi connectivity index (χ1) is 17.5. The highest BCUT2D eigenvalue weighted by molar-refractivity contribution is 5.90. The number of carbonyl (C=O) groups excluding carboxylic acids is 2. The first-order valence-corrected chi connectivity index (χ1v) is 12.4. The number of nitrogens with one attached hydrogen (secondary N) is 1. The predicted octanol–water partition coefficient (Wildman–Crippen LogP) is 3.83. The molecule has 2 fully saturated rings. The maximum Gasteiger partial charge on any atom is 0.243 e. The fourth-order valence-electron chi connectivity index (χ4n) is 4.89. The number of benzene rings is 2. The van der Waals surface area contributed by atoms with Crippen LogP contribution in [-0.4, -0.2) is 52.9 Å². The Kier molecular flexibility index (Phi) is 6.93. The molecule has 2 aliphatic rings. The van der Waals surface area contributed by atoms with Crippen molar-refractivity contribution in [3.05, 3.63) is 89.6 Å². The molecule has 2 aromatic carbocycles. The summed E-state index contributed by atoms with van der Waals surface area (Å²) >= 11 is 0. The van der Waals surface area contributed by atoms with E-state index in [1.54, 1.807) is 41.5 Å². The van der Waals surface area contributed by atoms with Gasteiger partial charge in [-0.3, -0.25) is 14.6 Å². The summed E-state index contributed by atoms with van der Waals surface area (Å²) < 4.78 is 14.9. The summed E-state index contributed by atoms with van der Waals surface area (Å²) in [5, 5.41) is 3.12. The molecular formula is C28H30FN5O2. The number of likely N-dealkylation sites (N-methyl/N-ethyl adjacent to an activating group) is 1. The Morgan fingerprint density at radius 3 is 2.61 bits per heavy atom. The summed E-state index contributed by atoms with van der Waals surface area (Å²) in [4.78, 5) is 38.3. The fourth-order valence-corrected chi connectivity index (χ4v) is 4.89. The minimum absolute atomic E-state index is 0.0957. The largest absolute Gasteiger partial charge is 0.349 e. The number of rotatable bonds is 8. The van der Waals surface area contributed by atoms with E-state index in [2.05, 4.69) is 15.3 Å². The predicted molar refractivity (Wildman–Crippen MR) is 135 cm³/mol. The van der Waals surface area contributed by atoms with E-state index in [0.29, 0.717) is 30.3 Å². The molecule has 2 amide bonds. The van der Waals surface area contributed by atoms with Gasteiger partial charge in [0, 0.05) is 26.0 Å².